The minimum atomic E-state index is -0.917. The lowest BCUT2D eigenvalue weighted by Gasteiger charge is -2.04. The van der Waals surface area contributed by atoms with Crippen molar-refractivity contribution in [3.8, 4) is 0 Å². The van der Waals surface area contributed by atoms with Crippen LogP contribution in [0.3, 0.4) is 0 Å². The van der Waals surface area contributed by atoms with Crippen LogP contribution in [0.5, 0.6) is 0 Å². The predicted octanol–water partition coefficient (Wildman–Crippen LogP) is 1.49. The van der Waals surface area contributed by atoms with Crippen molar-refractivity contribution < 1.29 is 8.78 Å². The van der Waals surface area contributed by atoms with E-state index in [-0.39, 0.29) is 11.3 Å². The fraction of sp³-hybridized carbons (Fsp3) is 0.111. The molecule has 70 valence electrons. The van der Waals surface area contributed by atoms with Gasteiger partial charge in [0.1, 0.15) is 0 Å². The summed E-state index contributed by atoms with van der Waals surface area (Å²) in [6, 6.07) is 2.46. The van der Waals surface area contributed by atoms with Crippen molar-refractivity contribution >= 4 is 5.70 Å². The molecule has 0 aliphatic rings. The maximum absolute atomic E-state index is 12.8. The molecule has 0 unspecified atom stereocenters. The summed E-state index contributed by atoms with van der Waals surface area (Å²) in [4.78, 5) is 0. The first-order chi connectivity index (χ1) is 6.06. The number of hydrogen-bond acceptors (Lipinski definition) is 2. The second-order valence-corrected chi connectivity index (χ2v) is 2.71. The Labute approximate surface area is 74.8 Å². The van der Waals surface area contributed by atoms with Crippen molar-refractivity contribution in [3.05, 3.63) is 41.1 Å². The molecule has 1 rings (SSSR count). The topological polar surface area (TPSA) is 52.0 Å². The molecule has 0 atom stereocenters. The minimum Gasteiger partial charge on any atom is -0.403 e. The van der Waals surface area contributed by atoms with E-state index in [1.54, 1.807) is 0 Å². The Balaban J connectivity index is 3.29. The van der Waals surface area contributed by atoms with Gasteiger partial charge in [0, 0.05) is 11.8 Å². The Morgan fingerprint density at radius 3 is 2.46 bits per heavy atom. The van der Waals surface area contributed by atoms with Gasteiger partial charge in [0.15, 0.2) is 11.6 Å². The first-order valence-electron chi connectivity index (χ1n) is 3.69. The molecule has 1 aromatic rings. The maximum atomic E-state index is 12.8. The second kappa shape index (κ2) is 3.43. The molecule has 0 aliphatic heterocycles. The van der Waals surface area contributed by atoms with Crippen LogP contribution in [0.4, 0.5) is 8.78 Å². The molecule has 1 aromatic carbocycles. The maximum Gasteiger partial charge on any atom is 0.161 e. The van der Waals surface area contributed by atoms with Crippen molar-refractivity contribution in [1.29, 1.82) is 0 Å². The van der Waals surface area contributed by atoms with Crippen LogP contribution in [0.2, 0.25) is 0 Å². The third-order valence-corrected chi connectivity index (χ3v) is 1.72. The largest absolute Gasteiger partial charge is 0.403 e. The minimum absolute atomic E-state index is 0.208. The highest BCUT2D eigenvalue weighted by atomic mass is 19.2. The van der Waals surface area contributed by atoms with E-state index in [1.165, 1.54) is 13.0 Å². The number of nitrogens with two attached hydrogens (primary N) is 2. The quantitative estimate of drug-likeness (QED) is 0.694. The standard InChI is InChI=1S/C9H10F2N2/c1-5-2-6(8(13)4-12)3-7(10)9(5)11/h2-4H,12-13H2,1H3/b8-4-. The lowest BCUT2D eigenvalue weighted by atomic mass is 10.1. The highest BCUT2D eigenvalue weighted by Crippen LogP contribution is 2.17. The van der Waals surface area contributed by atoms with Gasteiger partial charge >= 0.3 is 0 Å². The zero-order valence-electron chi connectivity index (χ0n) is 7.14. The van der Waals surface area contributed by atoms with Gasteiger partial charge < -0.3 is 11.5 Å². The molecule has 0 aliphatic carbocycles. The lowest BCUT2D eigenvalue weighted by molar-refractivity contribution is 0.502. The van der Waals surface area contributed by atoms with Gasteiger partial charge in [-0.05, 0) is 24.6 Å². The smallest absolute Gasteiger partial charge is 0.161 e. The summed E-state index contributed by atoms with van der Waals surface area (Å²) in [5.41, 5.74) is 11.4. The number of rotatable bonds is 1. The van der Waals surface area contributed by atoms with Gasteiger partial charge in [-0.2, -0.15) is 0 Å². The van der Waals surface area contributed by atoms with Gasteiger partial charge in [-0.25, -0.2) is 8.78 Å². The van der Waals surface area contributed by atoms with Crippen LogP contribution in [0, 0.1) is 18.6 Å². The van der Waals surface area contributed by atoms with E-state index in [1.807, 2.05) is 0 Å². The molecule has 0 heterocycles. The average Bonchev–Trinajstić information content (AvgIpc) is 2.12. The second-order valence-electron chi connectivity index (χ2n) is 2.71. The number of aryl methyl sites for hydroxylation is 1. The van der Waals surface area contributed by atoms with Gasteiger partial charge in [0.25, 0.3) is 0 Å². The van der Waals surface area contributed by atoms with Crippen molar-refractivity contribution in [2.24, 2.45) is 11.5 Å². The lowest BCUT2D eigenvalue weighted by Crippen LogP contribution is -2.02. The molecular weight excluding hydrogens is 174 g/mol. The molecule has 0 spiro atoms. The summed E-state index contributed by atoms with van der Waals surface area (Å²) in [7, 11) is 0. The van der Waals surface area contributed by atoms with Crippen molar-refractivity contribution in [1.82, 2.24) is 0 Å². The number of benzene rings is 1. The summed E-state index contributed by atoms with van der Waals surface area (Å²) in [5, 5.41) is 0. The number of halogens is 2. The number of hydrogen-bond donors (Lipinski definition) is 2. The van der Waals surface area contributed by atoms with E-state index in [2.05, 4.69) is 0 Å². The van der Waals surface area contributed by atoms with Gasteiger partial charge in [0.2, 0.25) is 0 Å². The molecule has 4 heteroatoms. The highest BCUT2D eigenvalue weighted by molar-refractivity contribution is 5.62. The monoisotopic (exact) mass is 184 g/mol. The van der Waals surface area contributed by atoms with Crippen LogP contribution in [0.1, 0.15) is 11.1 Å². The predicted molar refractivity (Wildman–Crippen MR) is 47.4 cm³/mol. The molecule has 4 N–H and O–H groups in total. The van der Waals surface area contributed by atoms with Crippen LogP contribution in [0.25, 0.3) is 5.70 Å². The molecule has 0 amide bonds. The van der Waals surface area contributed by atoms with E-state index < -0.39 is 11.6 Å². The Morgan fingerprint density at radius 2 is 2.00 bits per heavy atom. The molecule has 13 heavy (non-hydrogen) atoms. The van der Waals surface area contributed by atoms with Gasteiger partial charge in [-0.15, -0.1) is 0 Å². The summed E-state index contributed by atoms with van der Waals surface area (Å²) < 4.78 is 25.6. The van der Waals surface area contributed by atoms with E-state index in [4.69, 9.17) is 11.5 Å². The van der Waals surface area contributed by atoms with Crippen molar-refractivity contribution in [3.63, 3.8) is 0 Å². The van der Waals surface area contributed by atoms with Crippen LogP contribution < -0.4 is 11.5 Å². The van der Waals surface area contributed by atoms with Gasteiger partial charge in [-0.3, -0.25) is 0 Å². The molecule has 0 bridgehead atoms. The fourth-order valence-electron chi connectivity index (χ4n) is 0.989. The first-order valence-corrected chi connectivity index (χ1v) is 3.69. The van der Waals surface area contributed by atoms with Crippen molar-refractivity contribution in [2.45, 2.75) is 6.92 Å². The van der Waals surface area contributed by atoms with E-state index in [9.17, 15) is 8.78 Å². The molecule has 0 saturated carbocycles. The third kappa shape index (κ3) is 1.77. The Hall–Kier alpha value is -1.58. The van der Waals surface area contributed by atoms with Crippen LogP contribution in [-0.4, -0.2) is 0 Å². The molecule has 0 aromatic heterocycles. The van der Waals surface area contributed by atoms with E-state index in [0.29, 0.717) is 5.56 Å². The zero-order chi connectivity index (χ0) is 10.0. The highest BCUT2D eigenvalue weighted by Gasteiger charge is 2.08. The molecular formula is C9H10F2N2. The van der Waals surface area contributed by atoms with Crippen LogP contribution in [0.15, 0.2) is 18.3 Å². The summed E-state index contributed by atoms with van der Waals surface area (Å²) in [5.74, 6) is -1.77. The average molecular weight is 184 g/mol. The molecule has 0 fully saturated rings. The van der Waals surface area contributed by atoms with Crippen LogP contribution >= 0.6 is 0 Å². The van der Waals surface area contributed by atoms with Crippen LogP contribution in [-0.2, 0) is 0 Å². The fourth-order valence-corrected chi connectivity index (χ4v) is 0.989. The molecule has 2 nitrogen and oxygen atoms in total. The summed E-state index contributed by atoms with van der Waals surface area (Å²) >= 11 is 0. The first kappa shape index (κ1) is 9.51. The third-order valence-electron chi connectivity index (χ3n) is 1.72. The Bertz CT molecular complexity index is 336. The molecule has 0 radical (unpaired) electrons. The Kier molecular flexibility index (Phi) is 2.51. The molecule has 0 saturated heterocycles. The van der Waals surface area contributed by atoms with Gasteiger partial charge in [-0.1, -0.05) is 0 Å². The van der Waals surface area contributed by atoms with E-state index >= 15 is 0 Å². The summed E-state index contributed by atoms with van der Waals surface area (Å²) in [6.07, 6.45) is 1.14. The summed E-state index contributed by atoms with van der Waals surface area (Å²) in [6.45, 7) is 1.46. The SMILES string of the molecule is Cc1cc(/C(N)=C/N)cc(F)c1F. The van der Waals surface area contributed by atoms with Crippen molar-refractivity contribution in [2.75, 3.05) is 0 Å². The normalized spacial score (nSPS) is 11.8. The Morgan fingerprint density at radius 1 is 1.38 bits per heavy atom. The van der Waals surface area contributed by atoms with Gasteiger partial charge in [0.05, 0.1) is 5.70 Å². The zero-order valence-corrected chi connectivity index (χ0v) is 7.14. The van der Waals surface area contributed by atoms with E-state index in [0.717, 1.165) is 12.3 Å².